The molecule has 1 aromatic heterocycles. The number of ether oxygens (including phenoxy) is 2. The molecule has 2 heterocycles. The molecule has 0 saturated carbocycles. The third-order valence-electron chi connectivity index (χ3n) is 5.08. The summed E-state index contributed by atoms with van der Waals surface area (Å²) in [4.78, 5) is 4.14. The summed E-state index contributed by atoms with van der Waals surface area (Å²) in [6, 6.07) is 10.4. The smallest absolute Gasteiger partial charge is 0.190 e. The number of imidazole rings is 1. The van der Waals surface area contributed by atoms with Crippen LogP contribution in [0.2, 0.25) is 0 Å². The molecule has 0 unspecified atom stereocenters. The highest BCUT2D eigenvalue weighted by atomic mass is 16.7. The second-order valence-electron chi connectivity index (χ2n) is 6.59. The Morgan fingerprint density at radius 2 is 1.78 bits per heavy atom. The highest BCUT2D eigenvalue weighted by molar-refractivity contribution is 5.16. The predicted molar refractivity (Wildman–Crippen MR) is 90.0 cm³/mol. The van der Waals surface area contributed by atoms with Crippen molar-refractivity contribution in [3.63, 3.8) is 0 Å². The van der Waals surface area contributed by atoms with E-state index in [1.165, 1.54) is 5.56 Å². The molecule has 0 bridgehead atoms. The summed E-state index contributed by atoms with van der Waals surface area (Å²) in [5.41, 5.74) is 1.38. The molecule has 0 N–H and O–H groups in total. The van der Waals surface area contributed by atoms with E-state index in [4.69, 9.17) is 9.47 Å². The molecule has 0 amide bonds. The molecular formula is C19H26N2O2. The molecule has 4 heteroatoms. The zero-order chi connectivity index (χ0) is 16.2. The fourth-order valence-corrected chi connectivity index (χ4v) is 3.13. The van der Waals surface area contributed by atoms with Gasteiger partial charge in [0.05, 0.1) is 26.1 Å². The maximum absolute atomic E-state index is 6.37. The fraction of sp³-hybridized carbons (Fsp3) is 0.526. The summed E-state index contributed by atoms with van der Waals surface area (Å²) in [5.74, 6) is -0.615. The Hall–Kier alpha value is -1.65. The predicted octanol–water partition coefficient (Wildman–Crippen LogP) is 3.68. The van der Waals surface area contributed by atoms with Crippen molar-refractivity contribution < 1.29 is 9.47 Å². The topological polar surface area (TPSA) is 36.3 Å². The van der Waals surface area contributed by atoms with Crippen molar-refractivity contribution in [2.24, 2.45) is 5.41 Å². The molecule has 1 aliphatic rings. The van der Waals surface area contributed by atoms with Crippen LogP contribution in [0.4, 0.5) is 0 Å². The Balaban J connectivity index is 1.80. The first-order valence-corrected chi connectivity index (χ1v) is 8.47. The molecule has 1 aromatic carbocycles. The minimum atomic E-state index is -0.615. The average molecular weight is 314 g/mol. The van der Waals surface area contributed by atoms with Gasteiger partial charge in [0.15, 0.2) is 5.79 Å². The van der Waals surface area contributed by atoms with Gasteiger partial charge in [0, 0.05) is 24.2 Å². The second-order valence-corrected chi connectivity index (χ2v) is 6.59. The second kappa shape index (κ2) is 6.85. The molecule has 0 radical (unpaired) electrons. The summed E-state index contributed by atoms with van der Waals surface area (Å²) >= 11 is 0. The van der Waals surface area contributed by atoms with Crippen molar-refractivity contribution in [2.75, 3.05) is 13.2 Å². The fourth-order valence-electron chi connectivity index (χ4n) is 3.13. The van der Waals surface area contributed by atoms with E-state index in [1.807, 2.05) is 23.2 Å². The molecule has 0 aliphatic carbocycles. The normalized spacial score (nSPS) is 19.6. The quantitative estimate of drug-likeness (QED) is 0.816. The van der Waals surface area contributed by atoms with Crippen LogP contribution in [0.3, 0.4) is 0 Å². The van der Waals surface area contributed by atoms with Gasteiger partial charge in [0.1, 0.15) is 0 Å². The summed E-state index contributed by atoms with van der Waals surface area (Å²) < 4.78 is 14.8. The van der Waals surface area contributed by atoms with Gasteiger partial charge in [-0.15, -0.1) is 0 Å². The lowest BCUT2D eigenvalue weighted by Gasteiger charge is -2.46. The third kappa shape index (κ3) is 3.65. The number of aromatic nitrogens is 2. The number of hydrogen-bond acceptors (Lipinski definition) is 3. The maximum atomic E-state index is 6.37. The van der Waals surface area contributed by atoms with Crippen LogP contribution in [0.15, 0.2) is 49.1 Å². The van der Waals surface area contributed by atoms with Crippen LogP contribution in [0.1, 0.15) is 32.3 Å². The van der Waals surface area contributed by atoms with Crippen LogP contribution >= 0.6 is 0 Å². The SMILES string of the molecule is CCC1(CC)COC(Cc2ccccc2)(Cn2ccnc2)OC1. The van der Waals surface area contributed by atoms with Crippen LogP contribution in [-0.2, 0) is 22.4 Å². The first-order chi connectivity index (χ1) is 11.2. The largest absolute Gasteiger partial charge is 0.347 e. The van der Waals surface area contributed by atoms with Crippen LogP contribution in [0, 0.1) is 5.41 Å². The van der Waals surface area contributed by atoms with Crippen molar-refractivity contribution in [2.45, 2.75) is 45.4 Å². The third-order valence-corrected chi connectivity index (χ3v) is 5.08. The van der Waals surface area contributed by atoms with Crippen molar-refractivity contribution in [3.8, 4) is 0 Å². The standard InChI is InChI=1S/C19H26N2O2/c1-3-18(4-2)14-22-19(23-15-18,13-21-11-10-20-16-21)12-17-8-6-5-7-9-17/h5-11,16H,3-4,12-15H2,1-2H3. The Labute approximate surface area is 138 Å². The van der Waals surface area contributed by atoms with E-state index in [2.05, 4.69) is 43.1 Å². The van der Waals surface area contributed by atoms with Gasteiger partial charge < -0.3 is 14.0 Å². The number of rotatable bonds is 6. The van der Waals surface area contributed by atoms with Crippen molar-refractivity contribution in [1.82, 2.24) is 9.55 Å². The van der Waals surface area contributed by atoms with Crippen LogP contribution in [0.5, 0.6) is 0 Å². The molecule has 2 aromatic rings. The van der Waals surface area contributed by atoms with Gasteiger partial charge in [0.2, 0.25) is 0 Å². The van der Waals surface area contributed by atoms with Gasteiger partial charge in [-0.05, 0) is 18.4 Å². The van der Waals surface area contributed by atoms with E-state index >= 15 is 0 Å². The zero-order valence-electron chi connectivity index (χ0n) is 14.1. The lowest BCUT2D eigenvalue weighted by molar-refractivity contribution is -0.310. The Bertz CT molecular complexity index is 581. The van der Waals surface area contributed by atoms with Crippen LogP contribution in [0.25, 0.3) is 0 Å². The molecule has 23 heavy (non-hydrogen) atoms. The van der Waals surface area contributed by atoms with Gasteiger partial charge in [-0.3, -0.25) is 0 Å². The Kier molecular flexibility index (Phi) is 4.83. The van der Waals surface area contributed by atoms with Gasteiger partial charge in [-0.1, -0.05) is 44.2 Å². The first-order valence-electron chi connectivity index (χ1n) is 8.47. The van der Waals surface area contributed by atoms with E-state index in [9.17, 15) is 0 Å². The van der Waals surface area contributed by atoms with Crippen molar-refractivity contribution in [3.05, 3.63) is 54.6 Å². The number of hydrogen-bond donors (Lipinski definition) is 0. The molecule has 1 fully saturated rings. The van der Waals surface area contributed by atoms with Gasteiger partial charge in [-0.2, -0.15) is 0 Å². The van der Waals surface area contributed by atoms with Gasteiger partial charge in [-0.25, -0.2) is 4.98 Å². The first kappa shape index (κ1) is 16.2. The molecule has 124 valence electrons. The summed E-state index contributed by atoms with van der Waals surface area (Å²) in [5, 5.41) is 0. The summed E-state index contributed by atoms with van der Waals surface area (Å²) in [6.45, 7) is 6.60. The van der Waals surface area contributed by atoms with Crippen molar-refractivity contribution in [1.29, 1.82) is 0 Å². The zero-order valence-corrected chi connectivity index (χ0v) is 14.1. The Morgan fingerprint density at radius 3 is 2.35 bits per heavy atom. The Morgan fingerprint density at radius 1 is 1.09 bits per heavy atom. The van der Waals surface area contributed by atoms with Crippen LogP contribution < -0.4 is 0 Å². The molecule has 0 atom stereocenters. The number of nitrogens with zero attached hydrogens (tertiary/aromatic N) is 2. The van der Waals surface area contributed by atoms with Crippen LogP contribution in [-0.4, -0.2) is 28.6 Å². The van der Waals surface area contributed by atoms with Crippen molar-refractivity contribution >= 4 is 0 Å². The van der Waals surface area contributed by atoms with E-state index in [0.717, 1.165) is 32.5 Å². The molecule has 1 saturated heterocycles. The van der Waals surface area contributed by atoms with E-state index in [1.54, 1.807) is 6.20 Å². The molecule has 3 rings (SSSR count). The minimum Gasteiger partial charge on any atom is -0.347 e. The molecule has 1 aliphatic heterocycles. The maximum Gasteiger partial charge on any atom is 0.190 e. The lowest BCUT2D eigenvalue weighted by atomic mass is 9.83. The summed E-state index contributed by atoms with van der Waals surface area (Å²) in [7, 11) is 0. The highest BCUT2D eigenvalue weighted by Crippen LogP contribution is 2.37. The molecular weight excluding hydrogens is 288 g/mol. The lowest BCUT2D eigenvalue weighted by Crippen LogP contribution is -2.52. The molecule has 0 spiro atoms. The highest BCUT2D eigenvalue weighted by Gasteiger charge is 2.43. The monoisotopic (exact) mass is 314 g/mol. The van der Waals surface area contributed by atoms with Gasteiger partial charge in [0.25, 0.3) is 0 Å². The number of benzene rings is 1. The summed E-state index contributed by atoms with van der Waals surface area (Å²) in [6.07, 6.45) is 8.48. The van der Waals surface area contributed by atoms with E-state index in [-0.39, 0.29) is 5.41 Å². The molecule has 4 nitrogen and oxygen atoms in total. The van der Waals surface area contributed by atoms with Gasteiger partial charge >= 0.3 is 0 Å². The average Bonchev–Trinajstić information content (AvgIpc) is 3.10. The minimum absolute atomic E-state index is 0.148. The van der Waals surface area contributed by atoms with E-state index < -0.39 is 5.79 Å². The van der Waals surface area contributed by atoms with E-state index in [0.29, 0.717) is 6.54 Å².